The number of carbonyl (C=O) groups is 1. The SMILES string of the molecule is O=C(NCc1cccc(C(F)(F)F)c1)C1CCCN(S(=O)(=O)c2ccc(Cl)cc2)C1. The number of rotatable bonds is 5. The monoisotopic (exact) mass is 460 g/mol. The largest absolute Gasteiger partial charge is 0.416 e. The Kier molecular flexibility index (Phi) is 6.74. The summed E-state index contributed by atoms with van der Waals surface area (Å²) in [6.45, 7) is 0.241. The maximum atomic E-state index is 12.8. The Morgan fingerprint density at radius 3 is 2.53 bits per heavy atom. The van der Waals surface area contributed by atoms with Gasteiger partial charge in [0, 0.05) is 24.7 Å². The van der Waals surface area contributed by atoms with Gasteiger partial charge in [-0.15, -0.1) is 0 Å². The zero-order valence-corrected chi connectivity index (χ0v) is 17.4. The van der Waals surface area contributed by atoms with Gasteiger partial charge in [0.2, 0.25) is 15.9 Å². The Bertz CT molecular complexity index is 1010. The summed E-state index contributed by atoms with van der Waals surface area (Å²) in [6, 6.07) is 10.5. The fourth-order valence-electron chi connectivity index (χ4n) is 3.32. The first-order valence-corrected chi connectivity index (χ1v) is 11.1. The molecule has 1 aliphatic rings. The molecule has 2 aromatic carbocycles. The normalized spacial score (nSPS) is 18.2. The van der Waals surface area contributed by atoms with E-state index in [-0.39, 0.29) is 23.9 Å². The molecule has 1 fully saturated rings. The molecule has 0 bridgehead atoms. The molecule has 162 valence electrons. The van der Waals surface area contributed by atoms with Crippen LogP contribution in [0.15, 0.2) is 53.4 Å². The molecule has 1 heterocycles. The highest BCUT2D eigenvalue weighted by atomic mass is 35.5. The van der Waals surface area contributed by atoms with E-state index in [1.165, 1.54) is 40.7 Å². The average molecular weight is 461 g/mol. The number of alkyl halides is 3. The highest BCUT2D eigenvalue weighted by molar-refractivity contribution is 7.89. The van der Waals surface area contributed by atoms with Gasteiger partial charge in [0.1, 0.15) is 0 Å². The second kappa shape index (κ2) is 8.95. The number of hydrogen-bond acceptors (Lipinski definition) is 3. The highest BCUT2D eigenvalue weighted by Gasteiger charge is 2.33. The van der Waals surface area contributed by atoms with Gasteiger partial charge in [-0.05, 0) is 54.8 Å². The molecular weight excluding hydrogens is 441 g/mol. The zero-order valence-electron chi connectivity index (χ0n) is 15.8. The summed E-state index contributed by atoms with van der Waals surface area (Å²) < 4.78 is 65.4. The van der Waals surface area contributed by atoms with E-state index in [1.54, 1.807) is 0 Å². The molecule has 1 saturated heterocycles. The first-order chi connectivity index (χ1) is 14.1. The number of halogens is 4. The van der Waals surface area contributed by atoms with E-state index >= 15 is 0 Å². The second-order valence-corrected chi connectivity index (χ2v) is 9.45. The maximum Gasteiger partial charge on any atom is 0.416 e. The molecule has 1 aliphatic heterocycles. The molecule has 5 nitrogen and oxygen atoms in total. The van der Waals surface area contributed by atoms with Crippen LogP contribution in [-0.4, -0.2) is 31.7 Å². The van der Waals surface area contributed by atoms with Gasteiger partial charge in [-0.25, -0.2) is 8.42 Å². The van der Waals surface area contributed by atoms with Gasteiger partial charge in [-0.3, -0.25) is 4.79 Å². The van der Waals surface area contributed by atoms with Crippen molar-refractivity contribution >= 4 is 27.5 Å². The van der Waals surface area contributed by atoms with E-state index in [0.717, 1.165) is 12.1 Å². The zero-order chi connectivity index (χ0) is 21.9. The predicted octanol–water partition coefficient (Wildman–Crippen LogP) is 4.08. The molecule has 2 aromatic rings. The lowest BCUT2D eigenvalue weighted by Gasteiger charge is -2.31. The average Bonchev–Trinajstić information content (AvgIpc) is 2.72. The Balaban J connectivity index is 1.64. The Labute approximate surface area is 177 Å². The van der Waals surface area contributed by atoms with Crippen molar-refractivity contribution in [1.82, 2.24) is 9.62 Å². The Hall–Kier alpha value is -2.10. The summed E-state index contributed by atoms with van der Waals surface area (Å²) in [5, 5.41) is 3.04. The number of benzene rings is 2. The molecule has 1 N–H and O–H groups in total. The van der Waals surface area contributed by atoms with E-state index in [2.05, 4.69) is 5.32 Å². The van der Waals surface area contributed by atoms with Crippen molar-refractivity contribution < 1.29 is 26.4 Å². The van der Waals surface area contributed by atoms with Crippen LogP contribution in [0.1, 0.15) is 24.0 Å². The minimum Gasteiger partial charge on any atom is -0.352 e. The third-order valence-electron chi connectivity index (χ3n) is 4.93. The van der Waals surface area contributed by atoms with E-state index < -0.39 is 27.7 Å². The molecule has 0 aromatic heterocycles. The van der Waals surface area contributed by atoms with Crippen molar-refractivity contribution in [2.24, 2.45) is 5.92 Å². The second-order valence-electron chi connectivity index (χ2n) is 7.07. The molecule has 3 rings (SSSR count). The van der Waals surface area contributed by atoms with Crippen LogP contribution in [0.4, 0.5) is 13.2 Å². The lowest BCUT2D eigenvalue weighted by Crippen LogP contribution is -2.45. The minimum atomic E-state index is -4.46. The number of nitrogens with one attached hydrogen (secondary N) is 1. The third kappa shape index (κ3) is 5.33. The van der Waals surface area contributed by atoms with Gasteiger partial charge in [-0.2, -0.15) is 17.5 Å². The summed E-state index contributed by atoms with van der Waals surface area (Å²) in [7, 11) is -3.76. The molecule has 10 heteroatoms. The van der Waals surface area contributed by atoms with Crippen molar-refractivity contribution in [3.63, 3.8) is 0 Å². The van der Waals surface area contributed by atoms with Crippen LogP contribution in [0.25, 0.3) is 0 Å². The van der Waals surface area contributed by atoms with E-state index in [9.17, 15) is 26.4 Å². The minimum absolute atomic E-state index is 0.0133. The third-order valence-corrected chi connectivity index (χ3v) is 7.06. The lowest BCUT2D eigenvalue weighted by atomic mass is 9.98. The fourth-order valence-corrected chi connectivity index (χ4v) is 4.97. The van der Waals surface area contributed by atoms with Crippen molar-refractivity contribution in [2.45, 2.75) is 30.5 Å². The molecule has 0 saturated carbocycles. The number of hydrogen-bond donors (Lipinski definition) is 1. The van der Waals surface area contributed by atoms with Crippen LogP contribution in [0.5, 0.6) is 0 Å². The smallest absolute Gasteiger partial charge is 0.352 e. The summed E-state index contributed by atoms with van der Waals surface area (Å²) in [4.78, 5) is 12.6. The molecule has 0 aliphatic carbocycles. The highest BCUT2D eigenvalue weighted by Crippen LogP contribution is 2.29. The summed E-state index contributed by atoms with van der Waals surface area (Å²) in [6.07, 6.45) is -3.45. The van der Waals surface area contributed by atoms with Crippen LogP contribution in [0.2, 0.25) is 5.02 Å². The molecule has 30 heavy (non-hydrogen) atoms. The molecule has 1 amide bonds. The van der Waals surface area contributed by atoms with E-state index in [4.69, 9.17) is 11.6 Å². The molecule has 0 radical (unpaired) electrons. The predicted molar refractivity (Wildman–Crippen MR) is 106 cm³/mol. The van der Waals surface area contributed by atoms with Gasteiger partial charge in [0.25, 0.3) is 0 Å². The number of sulfonamides is 1. The summed E-state index contributed by atoms with van der Waals surface area (Å²) >= 11 is 5.81. The fraction of sp³-hybridized carbons (Fsp3) is 0.350. The Morgan fingerprint density at radius 2 is 1.87 bits per heavy atom. The number of piperidine rings is 1. The van der Waals surface area contributed by atoms with Crippen LogP contribution >= 0.6 is 11.6 Å². The van der Waals surface area contributed by atoms with Gasteiger partial charge in [0.05, 0.1) is 16.4 Å². The van der Waals surface area contributed by atoms with Gasteiger partial charge in [-0.1, -0.05) is 23.7 Å². The topological polar surface area (TPSA) is 66.5 Å². The number of carbonyl (C=O) groups excluding carboxylic acids is 1. The summed E-state index contributed by atoms with van der Waals surface area (Å²) in [5.74, 6) is -0.963. The molecule has 1 unspecified atom stereocenters. The molecular formula is C20H20ClF3N2O3S. The standard InChI is InChI=1S/C20H20ClF3N2O3S/c21-17-6-8-18(9-7-17)30(28,29)26-10-2-4-15(13-26)19(27)25-12-14-3-1-5-16(11-14)20(22,23)24/h1,3,5-9,11,15H,2,4,10,12-13H2,(H,25,27). The van der Waals surface area contributed by atoms with Crippen LogP contribution in [0, 0.1) is 5.92 Å². The number of amides is 1. The van der Waals surface area contributed by atoms with Crippen LogP contribution < -0.4 is 5.32 Å². The van der Waals surface area contributed by atoms with Crippen molar-refractivity contribution in [3.8, 4) is 0 Å². The maximum absolute atomic E-state index is 12.8. The quantitative estimate of drug-likeness (QED) is 0.731. The summed E-state index contributed by atoms with van der Waals surface area (Å²) in [5.41, 5.74) is -0.466. The van der Waals surface area contributed by atoms with Crippen LogP contribution in [0.3, 0.4) is 0 Å². The van der Waals surface area contributed by atoms with E-state index in [0.29, 0.717) is 30.0 Å². The lowest BCUT2D eigenvalue weighted by molar-refractivity contribution is -0.137. The van der Waals surface area contributed by atoms with Crippen molar-refractivity contribution in [2.75, 3.05) is 13.1 Å². The van der Waals surface area contributed by atoms with Crippen LogP contribution in [-0.2, 0) is 27.5 Å². The van der Waals surface area contributed by atoms with Gasteiger partial charge in [0.15, 0.2) is 0 Å². The van der Waals surface area contributed by atoms with E-state index in [1.807, 2.05) is 0 Å². The Morgan fingerprint density at radius 1 is 1.17 bits per heavy atom. The molecule has 0 spiro atoms. The van der Waals surface area contributed by atoms with Gasteiger partial charge < -0.3 is 5.32 Å². The first kappa shape index (κ1) is 22.6. The molecule has 1 atom stereocenters. The van der Waals surface area contributed by atoms with Crippen molar-refractivity contribution in [3.05, 3.63) is 64.7 Å². The van der Waals surface area contributed by atoms with Gasteiger partial charge >= 0.3 is 6.18 Å². The number of nitrogens with zero attached hydrogens (tertiary/aromatic N) is 1. The van der Waals surface area contributed by atoms with Crippen molar-refractivity contribution in [1.29, 1.82) is 0 Å². The first-order valence-electron chi connectivity index (χ1n) is 9.27.